The summed E-state index contributed by atoms with van der Waals surface area (Å²) < 4.78 is 23.4. The van der Waals surface area contributed by atoms with Crippen molar-refractivity contribution in [3.63, 3.8) is 0 Å². The van der Waals surface area contributed by atoms with Gasteiger partial charge in [0.05, 0.1) is 28.4 Å². The lowest BCUT2D eigenvalue weighted by molar-refractivity contribution is -0.130. The van der Waals surface area contributed by atoms with Crippen LogP contribution < -0.4 is 5.56 Å². The summed E-state index contributed by atoms with van der Waals surface area (Å²) in [5.41, 5.74) is 1.13. The highest BCUT2D eigenvalue weighted by atomic mass is 32.2. The van der Waals surface area contributed by atoms with Crippen molar-refractivity contribution in [2.24, 2.45) is 0 Å². The average molecular weight is 497 g/mol. The SMILES string of the molecule is O=C(CSCc1nc2sc3c(c2c(=O)[nH]1)CCCC3)N1CCN(C2CCS(=O)(=O)C2)CC1. The molecule has 4 heterocycles. The summed E-state index contributed by atoms with van der Waals surface area (Å²) in [5.74, 6) is 2.10. The highest BCUT2D eigenvalue weighted by Gasteiger charge is 2.34. The molecular weight excluding hydrogens is 468 g/mol. The van der Waals surface area contributed by atoms with Crippen LogP contribution in [0.15, 0.2) is 4.79 Å². The Kier molecular flexibility index (Phi) is 6.34. The number of fused-ring (bicyclic) bond motifs is 3. The van der Waals surface area contributed by atoms with Crippen molar-refractivity contribution >= 4 is 49.1 Å². The maximum absolute atomic E-state index is 12.6. The highest BCUT2D eigenvalue weighted by Crippen LogP contribution is 2.33. The maximum Gasteiger partial charge on any atom is 0.259 e. The van der Waals surface area contributed by atoms with Crippen LogP contribution in [-0.4, -0.2) is 83.6 Å². The fraction of sp³-hybridized carbons (Fsp3) is 0.667. The molecule has 5 rings (SSSR count). The van der Waals surface area contributed by atoms with Gasteiger partial charge >= 0.3 is 0 Å². The number of carbonyl (C=O) groups is 1. The molecule has 0 aromatic carbocycles. The van der Waals surface area contributed by atoms with Crippen molar-refractivity contribution in [2.75, 3.05) is 43.4 Å². The van der Waals surface area contributed by atoms with E-state index in [0.29, 0.717) is 36.8 Å². The van der Waals surface area contributed by atoms with Crippen molar-refractivity contribution in [3.8, 4) is 0 Å². The van der Waals surface area contributed by atoms with Gasteiger partial charge in [0, 0.05) is 37.1 Å². The van der Waals surface area contributed by atoms with Gasteiger partial charge in [-0.25, -0.2) is 13.4 Å². The van der Waals surface area contributed by atoms with Gasteiger partial charge in [-0.2, -0.15) is 0 Å². The van der Waals surface area contributed by atoms with Crippen LogP contribution in [0.2, 0.25) is 0 Å². The third-order valence-electron chi connectivity index (χ3n) is 6.73. The summed E-state index contributed by atoms with van der Waals surface area (Å²) >= 11 is 3.12. The normalized spacial score (nSPS) is 23.5. The topological polar surface area (TPSA) is 103 Å². The molecule has 0 bridgehead atoms. The third-order valence-corrected chi connectivity index (χ3v) is 10.6. The van der Waals surface area contributed by atoms with Gasteiger partial charge in [0.15, 0.2) is 9.84 Å². The molecule has 2 aromatic heterocycles. The van der Waals surface area contributed by atoms with Crippen molar-refractivity contribution in [3.05, 3.63) is 26.6 Å². The highest BCUT2D eigenvalue weighted by molar-refractivity contribution is 7.99. The minimum atomic E-state index is -2.89. The number of aromatic nitrogens is 2. The van der Waals surface area contributed by atoms with Gasteiger partial charge in [-0.15, -0.1) is 23.1 Å². The van der Waals surface area contributed by atoms with E-state index in [4.69, 9.17) is 0 Å². The van der Waals surface area contributed by atoms with Gasteiger partial charge < -0.3 is 9.88 Å². The quantitative estimate of drug-likeness (QED) is 0.668. The molecule has 1 N–H and O–H groups in total. The van der Waals surface area contributed by atoms with E-state index in [1.54, 1.807) is 11.3 Å². The molecule has 1 unspecified atom stereocenters. The minimum Gasteiger partial charge on any atom is -0.339 e. The molecule has 3 aliphatic rings. The van der Waals surface area contributed by atoms with Crippen LogP contribution in [0.5, 0.6) is 0 Å². The van der Waals surface area contributed by atoms with E-state index in [9.17, 15) is 18.0 Å². The first kappa shape index (κ1) is 22.4. The minimum absolute atomic E-state index is 0.0543. The Hall–Kier alpha value is -1.43. The van der Waals surface area contributed by atoms with Gasteiger partial charge in [0.25, 0.3) is 5.56 Å². The third kappa shape index (κ3) is 4.62. The van der Waals surface area contributed by atoms with Crippen LogP contribution in [0.3, 0.4) is 0 Å². The predicted molar refractivity (Wildman–Crippen MR) is 128 cm³/mol. The zero-order valence-electron chi connectivity index (χ0n) is 18.0. The number of nitrogens with zero attached hydrogens (tertiary/aromatic N) is 3. The van der Waals surface area contributed by atoms with E-state index < -0.39 is 9.84 Å². The number of H-pyrrole nitrogens is 1. The van der Waals surface area contributed by atoms with E-state index in [2.05, 4.69) is 14.9 Å². The van der Waals surface area contributed by atoms with Crippen molar-refractivity contribution < 1.29 is 13.2 Å². The van der Waals surface area contributed by atoms with E-state index in [1.807, 2.05) is 4.90 Å². The molecule has 11 heteroatoms. The van der Waals surface area contributed by atoms with E-state index >= 15 is 0 Å². The van der Waals surface area contributed by atoms with Gasteiger partial charge in [-0.3, -0.25) is 14.5 Å². The number of hydrogen-bond donors (Lipinski definition) is 1. The number of sulfone groups is 1. The summed E-state index contributed by atoms with van der Waals surface area (Å²) in [7, 11) is -2.89. The van der Waals surface area contributed by atoms with E-state index in [0.717, 1.165) is 42.6 Å². The second-order valence-electron chi connectivity index (χ2n) is 8.87. The second kappa shape index (κ2) is 9.08. The lowest BCUT2D eigenvalue weighted by Gasteiger charge is -2.37. The molecular formula is C21H28N4O4S3. The van der Waals surface area contributed by atoms with Crippen LogP contribution in [-0.2, 0) is 33.2 Å². The smallest absolute Gasteiger partial charge is 0.259 e. The second-order valence-corrected chi connectivity index (χ2v) is 13.2. The Morgan fingerprint density at radius 2 is 1.97 bits per heavy atom. The summed E-state index contributed by atoms with van der Waals surface area (Å²) in [5, 5.41) is 0.766. The van der Waals surface area contributed by atoms with Crippen molar-refractivity contribution in [1.82, 2.24) is 19.8 Å². The Morgan fingerprint density at radius 1 is 1.19 bits per heavy atom. The van der Waals surface area contributed by atoms with Crippen LogP contribution in [0.25, 0.3) is 10.2 Å². The zero-order valence-corrected chi connectivity index (χ0v) is 20.4. The lowest BCUT2D eigenvalue weighted by Crippen LogP contribution is -2.52. The number of rotatable bonds is 5. The average Bonchev–Trinajstić information content (AvgIpc) is 3.33. The molecule has 1 aliphatic carbocycles. The number of thioether (sulfide) groups is 1. The Bertz CT molecular complexity index is 1180. The van der Waals surface area contributed by atoms with Gasteiger partial charge in [0.2, 0.25) is 5.91 Å². The molecule has 2 fully saturated rings. The number of aryl methyl sites for hydroxylation is 2. The largest absolute Gasteiger partial charge is 0.339 e. The van der Waals surface area contributed by atoms with E-state index in [1.165, 1.54) is 28.6 Å². The summed E-state index contributed by atoms with van der Waals surface area (Å²) in [4.78, 5) is 39.1. The molecule has 1 atom stereocenters. The van der Waals surface area contributed by atoms with E-state index in [-0.39, 0.29) is 29.0 Å². The first-order valence-electron chi connectivity index (χ1n) is 11.2. The Morgan fingerprint density at radius 3 is 2.72 bits per heavy atom. The zero-order chi connectivity index (χ0) is 22.3. The molecule has 1 amide bonds. The van der Waals surface area contributed by atoms with Crippen LogP contribution in [0.1, 0.15) is 35.5 Å². The number of nitrogens with one attached hydrogen (secondary N) is 1. The lowest BCUT2D eigenvalue weighted by atomic mass is 9.97. The fourth-order valence-electron chi connectivity index (χ4n) is 5.00. The number of piperazine rings is 1. The molecule has 2 aromatic rings. The van der Waals surface area contributed by atoms with Crippen molar-refractivity contribution in [2.45, 2.75) is 43.9 Å². The molecule has 0 spiro atoms. The molecule has 0 radical (unpaired) electrons. The van der Waals surface area contributed by atoms with Gasteiger partial charge in [0.1, 0.15) is 10.7 Å². The van der Waals surface area contributed by atoms with Gasteiger partial charge in [-0.1, -0.05) is 0 Å². The first-order valence-corrected chi connectivity index (χ1v) is 15.0. The first-order chi connectivity index (χ1) is 15.4. The maximum atomic E-state index is 12.6. The Labute approximate surface area is 195 Å². The fourth-order valence-corrected chi connectivity index (χ4v) is 8.83. The number of amides is 1. The number of thiophene rings is 1. The molecule has 2 aliphatic heterocycles. The summed E-state index contributed by atoms with van der Waals surface area (Å²) in [6.45, 7) is 2.73. The summed E-state index contributed by atoms with van der Waals surface area (Å²) in [6.07, 6.45) is 5.02. The number of aromatic amines is 1. The predicted octanol–water partition coefficient (Wildman–Crippen LogP) is 1.43. The molecule has 2 saturated heterocycles. The van der Waals surface area contributed by atoms with Crippen LogP contribution >= 0.6 is 23.1 Å². The number of hydrogen-bond acceptors (Lipinski definition) is 8. The van der Waals surface area contributed by atoms with Crippen molar-refractivity contribution in [1.29, 1.82) is 0 Å². The standard InChI is InChI=1S/C21H28N4O4S3/c26-18(25-8-6-24(7-9-25)14-5-10-32(28,29)13-14)12-30-11-17-22-20(27)19-15-3-1-2-4-16(15)31-21(19)23-17/h14H,1-13H2,(H,22,23,27). The molecule has 174 valence electrons. The number of carbonyl (C=O) groups excluding carboxylic acids is 1. The molecule has 32 heavy (non-hydrogen) atoms. The van der Waals surface area contributed by atoms with Gasteiger partial charge in [-0.05, 0) is 37.7 Å². The Balaban J connectivity index is 1.13. The summed E-state index contributed by atoms with van der Waals surface area (Å²) in [6, 6.07) is 0.104. The van der Waals surface area contributed by atoms with Crippen LogP contribution in [0.4, 0.5) is 0 Å². The van der Waals surface area contributed by atoms with Crippen LogP contribution in [0, 0.1) is 0 Å². The monoisotopic (exact) mass is 496 g/mol. The molecule has 8 nitrogen and oxygen atoms in total. The molecule has 0 saturated carbocycles.